The molecule has 2 heterocycles. The van der Waals surface area contributed by atoms with Crippen LogP contribution in [0.2, 0.25) is 0 Å². The van der Waals surface area contributed by atoms with Crippen LogP contribution in [0.25, 0.3) is 0 Å². The standard InChI is InChI=1S/C14H16F3N3O3/c1-8-6-11(19-20(8)3)18-12(21)7-13(22,14(15,16)17)10-5-4-9(2)23-10/h4-6,22H,7H2,1-3H3,(H,18,19,21). The normalized spacial score (nSPS) is 14.6. The maximum absolute atomic E-state index is 13.3. The van der Waals surface area contributed by atoms with Gasteiger partial charge in [0.15, 0.2) is 5.82 Å². The second-order valence-electron chi connectivity index (χ2n) is 5.29. The van der Waals surface area contributed by atoms with Gasteiger partial charge in [0.05, 0.1) is 6.42 Å². The predicted molar refractivity (Wildman–Crippen MR) is 74.6 cm³/mol. The average Bonchev–Trinajstić information content (AvgIpc) is 2.95. The average molecular weight is 331 g/mol. The number of aromatic nitrogens is 2. The number of aliphatic hydroxyl groups is 1. The van der Waals surface area contributed by atoms with Gasteiger partial charge in [0.1, 0.15) is 11.5 Å². The summed E-state index contributed by atoms with van der Waals surface area (Å²) in [4.78, 5) is 11.9. The zero-order valence-electron chi connectivity index (χ0n) is 12.7. The van der Waals surface area contributed by atoms with Crippen LogP contribution in [0.15, 0.2) is 22.6 Å². The smallest absolute Gasteiger partial charge is 0.425 e. The van der Waals surface area contributed by atoms with E-state index in [9.17, 15) is 23.1 Å². The van der Waals surface area contributed by atoms with Crippen LogP contribution in [0.4, 0.5) is 19.0 Å². The number of amides is 1. The lowest BCUT2D eigenvalue weighted by atomic mass is 9.95. The van der Waals surface area contributed by atoms with Crippen LogP contribution in [-0.4, -0.2) is 27.0 Å². The van der Waals surface area contributed by atoms with Crippen LogP contribution in [0.1, 0.15) is 23.6 Å². The maximum Gasteiger partial charge on any atom is 0.425 e. The molecule has 0 radical (unpaired) electrons. The van der Waals surface area contributed by atoms with E-state index < -0.39 is 29.9 Å². The lowest BCUT2D eigenvalue weighted by Gasteiger charge is -2.27. The number of halogens is 3. The maximum atomic E-state index is 13.3. The Morgan fingerprint density at radius 1 is 1.39 bits per heavy atom. The molecule has 0 fully saturated rings. The van der Waals surface area contributed by atoms with Gasteiger partial charge in [-0.25, -0.2) is 0 Å². The molecule has 2 rings (SSSR count). The number of carbonyl (C=O) groups excluding carboxylic acids is 1. The van der Waals surface area contributed by atoms with Gasteiger partial charge in [-0.2, -0.15) is 18.3 Å². The van der Waals surface area contributed by atoms with E-state index in [4.69, 9.17) is 4.42 Å². The van der Waals surface area contributed by atoms with Crippen LogP contribution in [-0.2, 0) is 17.4 Å². The van der Waals surface area contributed by atoms with Crippen LogP contribution < -0.4 is 5.32 Å². The third-order valence-corrected chi connectivity index (χ3v) is 3.41. The highest BCUT2D eigenvalue weighted by Crippen LogP contribution is 2.42. The molecule has 1 amide bonds. The van der Waals surface area contributed by atoms with Crippen molar-refractivity contribution in [3.63, 3.8) is 0 Å². The third-order valence-electron chi connectivity index (χ3n) is 3.41. The number of alkyl halides is 3. The number of nitrogens with zero attached hydrogens (tertiary/aromatic N) is 2. The Morgan fingerprint density at radius 2 is 2.04 bits per heavy atom. The molecule has 2 aromatic rings. The van der Waals surface area contributed by atoms with Gasteiger partial charge in [0.25, 0.3) is 0 Å². The van der Waals surface area contributed by atoms with Crippen LogP contribution in [0, 0.1) is 13.8 Å². The molecule has 126 valence electrons. The summed E-state index contributed by atoms with van der Waals surface area (Å²) in [6.45, 7) is 3.16. The lowest BCUT2D eigenvalue weighted by Crippen LogP contribution is -2.44. The van der Waals surface area contributed by atoms with E-state index in [2.05, 4.69) is 10.4 Å². The quantitative estimate of drug-likeness (QED) is 0.901. The largest absolute Gasteiger partial charge is 0.463 e. The highest BCUT2D eigenvalue weighted by molar-refractivity contribution is 5.90. The summed E-state index contributed by atoms with van der Waals surface area (Å²) in [5, 5.41) is 16.2. The van der Waals surface area contributed by atoms with E-state index in [1.807, 2.05) is 0 Å². The molecular weight excluding hydrogens is 315 g/mol. The van der Waals surface area contributed by atoms with E-state index in [-0.39, 0.29) is 11.6 Å². The second-order valence-corrected chi connectivity index (χ2v) is 5.29. The number of carbonyl (C=O) groups is 1. The van der Waals surface area contributed by atoms with Crippen LogP contribution in [0.5, 0.6) is 0 Å². The Kier molecular flexibility index (Phi) is 4.25. The van der Waals surface area contributed by atoms with Crippen molar-refractivity contribution in [2.75, 3.05) is 5.32 Å². The first-order valence-corrected chi connectivity index (χ1v) is 6.69. The molecule has 0 spiro atoms. The molecule has 1 unspecified atom stereocenters. The predicted octanol–water partition coefficient (Wildman–Crippen LogP) is 2.41. The summed E-state index contributed by atoms with van der Waals surface area (Å²) < 4.78 is 46.1. The van der Waals surface area contributed by atoms with Crippen LogP contribution in [0.3, 0.4) is 0 Å². The first kappa shape index (κ1) is 17.1. The van der Waals surface area contributed by atoms with E-state index in [1.54, 1.807) is 14.0 Å². The fourth-order valence-electron chi connectivity index (χ4n) is 2.02. The van der Waals surface area contributed by atoms with Crippen molar-refractivity contribution in [2.24, 2.45) is 7.05 Å². The summed E-state index contributed by atoms with van der Waals surface area (Å²) in [7, 11) is 1.63. The van der Waals surface area contributed by atoms with Crippen molar-refractivity contribution in [3.05, 3.63) is 35.4 Å². The van der Waals surface area contributed by atoms with E-state index in [0.717, 1.165) is 6.07 Å². The van der Waals surface area contributed by atoms with Gasteiger partial charge in [0.2, 0.25) is 11.5 Å². The lowest BCUT2D eigenvalue weighted by molar-refractivity contribution is -0.272. The summed E-state index contributed by atoms with van der Waals surface area (Å²) in [6.07, 6.45) is -6.31. The van der Waals surface area contributed by atoms with Gasteiger partial charge in [-0.05, 0) is 26.0 Å². The number of hydrogen-bond donors (Lipinski definition) is 2. The van der Waals surface area contributed by atoms with Crippen molar-refractivity contribution in [2.45, 2.75) is 32.0 Å². The van der Waals surface area contributed by atoms with Crippen molar-refractivity contribution in [1.29, 1.82) is 0 Å². The fraction of sp³-hybridized carbons (Fsp3) is 0.429. The highest BCUT2D eigenvalue weighted by atomic mass is 19.4. The summed E-state index contributed by atoms with van der Waals surface area (Å²) in [5.74, 6) is -1.45. The summed E-state index contributed by atoms with van der Waals surface area (Å²) in [5.41, 5.74) is -2.69. The number of nitrogens with one attached hydrogen (secondary N) is 1. The monoisotopic (exact) mass is 331 g/mol. The topological polar surface area (TPSA) is 80.3 Å². The highest BCUT2D eigenvalue weighted by Gasteiger charge is 2.58. The summed E-state index contributed by atoms with van der Waals surface area (Å²) in [6, 6.07) is 3.79. The van der Waals surface area contributed by atoms with Gasteiger partial charge in [-0.15, -0.1) is 0 Å². The minimum absolute atomic E-state index is 0.107. The Bertz CT molecular complexity index is 701. The molecule has 0 aliphatic heterocycles. The van der Waals surface area contributed by atoms with E-state index in [0.29, 0.717) is 5.69 Å². The SMILES string of the molecule is Cc1ccc(C(O)(CC(=O)Nc2cc(C)n(C)n2)C(F)(F)F)o1. The second kappa shape index (κ2) is 5.73. The molecule has 23 heavy (non-hydrogen) atoms. The Hall–Kier alpha value is -2.29. The van der Waals surface area contributed by atoms with Gasteiger partial charge in [-0.3, -0.25) is 9.48 Å². The summed E-state index contributed by atoms with van der Waals surface area (Å²) >= 11 is 0. The van der Waals surface area contributed by atoms with Crippen molar-refractivity contribution in [3.8, 4) is 0 Å². The van der Waals surface area contributed by atoms with Gasteiger partial charge in [0, 0.05) is 18.8 Å². The molecule has 0 saturated heterocycles. The first-order chi connectivity index (χ1) is 10.5. The molecule has 0 saturated carbocycles. The zero-order chi connectivity index (χ0) is 17.4. The number of furan rings is 1. The van der Waals surface area contributed by atoms with Gasteiger partial charge < -0.3 is 14.8 Å². The minimum Gasteiger partial charge on any atom is -0.463 e. The number of hydrogen-bond acceptors (Lipinski definition) is 4. The number of rotatable bonds is 4. The fourth-order valence-corrected chi connectivity index (χ4v) is 2.02. The molecule has 0 aliphatic carbocycles. The third kappa shape index (κ3) is 3.39. The molecule has 9 heteroatoms. The molecule has 6 nitrogen and oxygen atoms in total. The van der Waals surface area contributed by atoms with Gasteiger partial charge >= 0.3 is 6.18 Å². The minimum atomic E-state index is -5.07. The molecule has 2 aromatic heterocycles. The van der Waals surface area contributed by atoms with Crippen molar-refractivity contribution < 1.29 is 27.5 Å². The molecule has 0 aliphatic rings. The molecule has 1 atom stereocenters. The van der Waals surface area contributed by atoms with Crippen molar-refractivity contribution in [1.82, 2.24) is 9.78 Å². The molecule has 0 aromatic carbocycles. The number of aryl methyl sites for hydroxylation is 3. The van der Waals surface area contributed by atoms with E-state index in [1.165, 1.54) is 23.7 Å². The Balaban J connectivity index is 2.23. The number of anilines is 1. The van der Waals surface area contributed by atoms with Crippen LogP contribution >= 0.6 is 0 Å². The Morgan fingerprint density at radius 3 is 2.48 bits per heavy atom. The molecule has 2 N–H and O–H groups in total. The Labute approximate surface area is 129 Å². The molecule has 0 bridgehead atoms. The van der Waals surface area contributed by atoms with Gasteiger partial charge in [-0.1, -0.05) is 0 Å². The first-order valence-electron chi connectivity index (χ1n) is 6.69. The van der Waals surface area contributed by atoms with E-state index >= 15 is 0 Å². The molecular formula is C14H16F3N3O3. The van der Waals surface area contributed by atoms with Crippen molar-refractivity contribution >= 4 is 11.7 Å². The zero-order valence-corrected chi connectivity index (χ0v) is 12.7.